The monoisotopic (exact) mass is 623 g/mol. The van der Waals surface area contributed by atoms with Crippen LogP contribution in [0.4, 0.5) is 30.5 Å². The molecule has 2 aromatic heterocycles. The van der Waals surface area contributed by atoms with Gasteiger partial charge in [-0.15, -0.1) is 0 Å². The predicted octanol–water partition coefficient (Wildman–Crippen LogP) is 6.26. The van der Waals surface area contributed by atoms with E-state index in [0.29, 0.717) is 23.0 Å². The van der Waals surface area contributed by atoms with Gasteiger partial charge in [0, 0.05) is 39.1 Å². The van der Waals surface area contributed by atoms with Crippen molar-refractivity contribution < 1.29 is 21.6 Å². The second-order valence-corrected chi connectivity index (χ2v) is 10.5. The minimum atomic E-state index is -5.47. The molecule has 4 rings (SSSR count). The Morgan fingerprint density at radius 3 is 2.53 bits per heavy atom. The number of benzene rings is 2. The van der Waals surface area contributed by atoms with Crippen LogP contribution in [-0.2, 0) is 9.84 Å². The summed E-state index contributed by atoms with van der Waals surface area (Å²) in [6.07, 6.45) is 4.99. The molecule has 0 saturated heterocycles. The second-order valence-electron chi connectivity index (χ2n) is 7.41. The van der Waals surface area contributed by atoms with Crippen LogP contribution in [0.2, 0.25) is 0 Å². The van der Waals surface area contributed by atoms with Crippen molar-refractivity contribution in [2.75, 3.05) is 10.6 Å². The molecule has 4 aromatic rings. The van der Waals surface area contributed by atoms with Gasteiger partial charge < -0.3 is 10.6 Å². The Kier molecular flexibility index (Phi) is 7.26. The summed E-state index contributed by atoms with van der Waals surface area (Å²) in [6.45, 7) is 3.85. The van der Waals surface area contributed by atoms with Gasteiger partial charge >= 0.3 is 5.51 Å². The lowest BCUT2D eigenvalue weighted by atomic mass is 10.1. The molecule has 0 radical (unpaired) electrons. The highest BCUT2D eigenvalue weighted by atomic mass is 127. The van der Waals surface area contributed by atoms with Crippen molar-refractivity contribution in [3.8, 4) is 11.3 Å². The van der Waals surface area contributed by atoms with E-state index in [-0.39, 0.29) is 11.3 Å². The molecule has 12 heteroatoms. The van der Waals surface area contributed by atoms with Gasteiger partial charge in [-0.2, -0.15) is 13.2 Å². The SMILES string of the molecule is C=C(Nc1ccc(I)c(Nc2nccc(-c3cccnc3)n2)c1)c1cccc(S(=O)(=O)C(F)(F)F)c1. The molecule has 2 heterocycles. The number of nitrogens with zero attached hydrogens (tertiary/aromatic N) is 3. The Morgan fingerprint density at radius 1 is 1.00 bits per heavy atom. The first kappa shape index (κ1) is 25.6. The van der Waals surface area contributed by atoms with Crippen LogP contribution in [-0.4, -0.2) is 28.9 Å². The van der Waals surface area contributed by atoms with Crippen molar-refractivity contribution in [2.45, 2.75) is 10.4 Å². The van der Waals surface area contributed by atoms with Crippen LogP contribution in [0.1, 0.15) is 5.56 Å². The summed E-state index contributed by atoms with van der Waals surface area (Å²) in [5.41, 5.74) is -2.23. The molecule has 0 amide bonds. The zero-order chi connectivity index (χ0) is 25.9. The summed E-state index contributed by atoms with van der Waals surface area (Å²) in [5, 5.41) is 6.16. The fourth-order valence-electron chi connectivity index (χ4n) is 3.14. The third-order valence-corrected chi connectivity index (χ3v) is 7.34. The number of pyridine rings is 1. The van der Waals surface area contributed by atoms with E-state index in [2.05, 4.69) is 54.8 Å². The van der Waals surface area contributed by atoms with Crippen LogP contribution in [0.3, 0.4) is 0 Å². The molecule has 184 valence electrons. The molecule has 0 bridgehead atoms. The zero-order valence-electron chi connectivity index (χ0n) is 18.3. The third-order valence-electron chi connectivity index (χ3n) is 4.92. The standard InChI is InChI=1S/C24H17F3IN5O2S/c1-15(16-4-2-6-19(12-16)36(34,35)24(25,26)27)31-18-7-8-20(28)22(13-18)33-23-30-11-9-21(32-23)17-5-3-10-29-14-17/h2-14,31H,1H2,(H,30,32,33). The molecule has 0 fully saturated rings. The van der Waals surface area contributed by atoms with E-state index >= 15 is 0 Å². The van der Waals surface area contributed by atoms with Crippen LogP contribution in [0.5, 0.6) is 0 Å². The highest BCUT2D eigenvalue weighted by Crippen LogP contribution is 2.32. The molecule has 0 saturated carbocycles. The molecule has 0 aliphatic carbocycles. The topological polar surface area (TPSA) is 96.9 Å². The Hall–Kier alpha value is -3.52. The Morgan fingerprint density at radius 2 is 1.81 bits per heavy atom. The molecule has 2 aromatic carbocycles. The molecule has 0 spiro atoms. The van der Waals surface area contributed by atoms with Gasteiger partial charge in [-0.05, 0) is 76.7 Å². The molecule has 0 aliphatic heterocycles. The maximum Gasteiger partial charge on any atom is 0.501 e. The molecule has 0 unspecified atom stereocenters. The van der Waals surface area contributed by atoms with E-state index in [0.717, 1.165) is 21.3 Å². The molecule has 0 aliphatic rings. The van der Waals surface area contributed by atoms with Crippen LogP contribution in [0, 0.1) is 3.57 Å². The van der Waals surface area contributed by atoms with E-state index < -0.39 is 20.2 Å². The number of sulfone groups is 1. The number of hydrogen-bond donors (Lipinski definition) is 2. The summed E-state index contributed by atoms with van der Waals surface area (Å²) < 4.78 is 63.2. The lowest BCUT2D eigenvalue weighted by Crippen LogP contribution is -2.23. The van der Waals surface area contributed by atoms with Crippen molar-refractivity contribution in [3.63, 3.8) is 0 Å². The Labute approximate surface area is 218 Å². The minimum Gasteiger partial charge on any atom is -0.355 e. The van der Waals surface area contributed by atoms with Crippen molar-refractivity contribution in [1.29, 1.82) is 0 Å². The fraction of sp³-hybridized carbons (Fsp3) is 0.0417. The van der Waals surface area contributed by atoms with Crippen molar-refractivity contribution in [1.82, 2.24) is 15.0 Å². The second kappa shape index (κ2) is 10.2. The molecular weight excluding hydrogens is 606 g/mol. The van der Waals surface area contributed by atoms with Crippen molar-refractivity contribution >= 4 is 55.4 Å². The quantitative estimate of drug-likeness (QED) is 0.235. The molecule has 36 heavy (non-hydrogen) atoms. The fourth-order valence-corrected chi connectivity index (χ4v) is 4.42. The van der Waals surface area contributed by atoms with Crippen LogP contribution in [0.25, 0.3) is 17.0 Å². The Bertz CT molecular complexity index is 1530. The number of hydrogen-bond acceptors (Lipinski definition) is 7. The smallest absolute Gasteiger partial charge is 0.355 e. The first-order valence-electron chi connectivity index (χ1n) is 10.2. The van der Waals surface area contributed by atoms with E-state index in [9.17, 15) is 21.6 Å². The lowest BCUT2D eigenvalue weighted by Gasteiger charge is -2.14. The highest BCUT2D eigenvalue weighted by Gasteiger charge is 2.46. The first-order chi connectivity index (χ1) is 17.0. The van der Waals surface area contributed by atoms with Gasteiger partial charge in [-0.1, -0.05) is 18.7 Å². The average molecular weight is 623 g/mol. The van der Waals surface area contributed by atoms with Gasteiger partial charge in [0.1, 0.15) is 0 Å². The minimum absolute atomic E-state index is 0.195. The highest BCUT2D eigenvalue weighted by molar-refractivity contribution is 14.1. The molecule has 0 atom stereocenters. The van der Waals surface area contributed by atoms with Gasteiger partial charge in [0.05, 0.1) is 16.3 Å². The van der Waals surface area contributed by atoms with Gasteiger partial charge in [-0.25, -0.2) is 18.4 Å². The van der Waals surface area contributed by atoms with Crippen molar-refractivity contribution in [3.05, 3.63) is 95.0 Å². The number of halogens is 4. The van der Waals surface area contributed by atoms with Crippen LogP contribution >= 0.6 is 22.6 Å². The summed E-state index contributed by atoms with van der Waals surface area (Å²) in [5.74, 6) is 0.357. The molecule has 2 N–H and O–H groups in total. The summed E-state index contributed by atoms with van der Waals surface area (Å²) in [6, 6.07) is 15.3. The number of anilines is 3. The predicted molar refractivity (Wildman–Crippen MR) is 140 cm³/mol. The number of nitrogens with one attached hydrogen (secondary N) is 2. The van der Waals surface area contributed by atoms with E-state index in [1.54, 1.807) is 36.8 Å². The normalized spacial score (nSPS) is 11.7. The van der Waals surface area contributed by atoms with Crippen LogP contribution in [0.15, 0.2) is 90.7 Å². The van der Waals surface area contributed by atoms with E-state index in [1.165, 1.54) is 12.1 Å². The van der Waals surface area contributed by atoms with Gasteiger partial charge in [0.25, 0.3) is 9.84 Å². The van der Waals surface area contributed by atoms with E-state index in [4.69, 9.17) is 0 Å². The largest absolute Gasteiger partial charge is 0.501 e. The summed E-state index contributed by atoms with van der Waals surface area (Å²) >= 11 is 2.14. The number of aromatic nitrogens is 3. The number of rotatable bonds is 7. The first-order valence-corrected chi connectivity index (χ1v) is 12.8. The Balaban J connectivity index is 1.55. The lowest BCUT2D eigenvalue weighted by molar-refractivity contribution is -0.0436. The van der Waals surface area contributed by atoms with E-state index in [1.807, 2.05) is 18.2 Å². The summed E-state index contributed by atoms with van der Waals surface area (Å²) in [7, 11) is -5.47. The maximum atomic E-state index is 12.9. The van der Waals surface area contributed by atoms with Gasteiger partial charge in [-0.3, -0.25) is 4.98 Å². The van der Waals surface area contributed by atoms with Gasteiger partial charge in [0.2, 0.25) is 5.95 Å². The van der Waals surface area contributed by atoms with Crippen LogP contribution < -0.4 is 10.6 Å². The average Bonchev–Trinajstić information content (AvgIpc) is 2.86. The van der Waals surface area contributed by atoms with Gasteiger partial charge in [0.15, 0.2) is 0 Å². The third kappa shape index (κ3) is 5.65. The molecule has 7 nitrogen and oxygen atoms in total. The van der Waals surface area contributed by atoms with Crippen molar-refractivity contribution in [2.24, 2.45) is 0 Å². The molecular formula is C24H17F3IN5O2S. The number of alkyl halides is 3. The summed E-state index contributed by atoms with van der Waals surface area (Å²) in [4.78, 5) is 12.0. The maximum absolute atomic E-state index is 12.9. The zero-order valence-corrected chi connectivity index (χ0v) is 21.3.